The maximum Gasteiger partial charge on any atom is 0.142 e. The quantitative estimate of drug-likeness (QED) is 0.624. The number of aryl methyl sites for hydroxylation is 1. The van der Waals surface area contributed by atoms with E-state index in [4.69, 9.17) is 6.42 Å². The number of pyridine rings is 2. The van der Waals surface area contributed by atoms with Crippen molar-refractivity contribution in [1.82, 2.24) is 9.97 Å². The van der Waals surface area contributed by atoms with Gasteiger partial charge in [-0.2, -0.15) is 0 Å². The molecular weight excluding hydrogens is 251 g/mol. The number of aromatic nitrogens is 2. The molecule has 0 aliphatic carbocycles. The number of benzene rings is 1. The van der Waals surface area contributed by atoms with Crippen LogP contribution in [0.25, 0.3) is 21.9 Å². The van der Waals surface area contributed by atoms with E-state index in [0.717, 1.165) is 28.2 Å². The number of fused-ring (bicyclic) bond motifs is 1. The predicted octanol–water partition coefficient (Wildman–Crippen LogP) is 3.73. The molecule has 2 heterocycles. The van der Waals surface area contributed by atoms with E-state index in [1.165, 1.54) is 6.07 Å². The number of terminal acetylenes is 1. The van der Waals surface area contributed by atoms with Gasteiger partial charge >= 0.3 is 0 Å². The van der Waals surface area contributed by atoms with Gasteiger partial charge in [0.1, 0.15) is 11.5 Å². The Bertz CT molecular complexity index is 847. The first-order valence-corrected chi connectivity index (χ1v) is 6.16. The fourth-order valence-electron chi connectivity index (χ4n) is 2.19. The smallest absolute Gasteiger partial charge is 0.142 e. The maximum atomic E-state index is 13.4. The van der Waals surface area contributed by atoms with E-state index in [2.05, 4.69) is 15.9 Å². The predicted molar refractivity (Wildman–Crippen MR) is 77.6 cm³/mol. The zero-order valence-corrected chi connectivity index (χ0v) is 10.9. The van der Waals surface area contributed by atoms with Crippen molar-refractivity contribution in [3.63, 3.8) is 0 Å². The van der Waals surface area contributed by atoms with Crippen molar-refractivity contribution >= 4 is 10.8 Å². The molecule has 0 atom stereocenters. The molecule has 20 heavy (non-hydrogen) atoms. The lowest BCUT2D eigenvalue weighted by molar-refractivity contribution is 0.621. The maximum absolute atomic E-state index is 13.4. The minimum Gasteiger partial charge on any atom is -0.261 e. The number of hydrogen-bond donors (Lipinski definition) is 0. The van der Waals surface area contributed by atoms with Crippen LogP contribution < -0.4 is 0 Å². The van der Waals surface area contributed by atoms with Crippen LogP contribution in [0.1, 0.15) is 11.4 Å². The highest BCUT2D eigenvalue weighted by Gasteiger charge is 2.07. The van der Waals surface area contributed by atoms with E-state index in [0.29, 0.717) is 11.3 Å². The summed E-state index contributed by atoms with van der Waals surface area (Å²) in [5.41, 5.74) is 2.85. The second-order valence-corrected chi connectivity index (χ2v) is 4.58. The molecule has 96 valence electrons. The second kappa shape index (κ2) is 4.75. The van der Waals surface area contributed by atoms with Crippen LogP contribution in [0.5, 0.6) is 0 Å². The summed E-state index contributed by atoms with van der Waals surface area (Å²) in [4.78, 5) is 8.21. The summed E-state index contributed by atoms with van der Waals surface area (Å²) in [6, 6.07) is 9.25. The standard InChI is InChI=1S/C17H11FN2/c1-3-17-16(8-15(18)10-20-17)13-5-4-12-6-11(2)19-9-14(12)7-13/h1,4-10H,2H3. The molecule has 0 spiro atoms. The fraction of sp³-hybridized carbons (Fsp3) is 0.0588. The Morgan fingerprint density at radius 3 is 2.70 bits per heavy atom. The van der Waals surface area contributed by atoms with Gasteiger partial charge in [-0.1, -0.05) is 12.1 Å². The lowest BCUT2D eigenvalue weighted by atomic mass is 10.0. The number of hydrogen-bond acceptors (Lipinski definition) is 2. The molecule has 2 nitrogen and oxygen atoms in total. The van der Waals surface area contributed by atoms with Crippen LogP contribution in [0, 0.1) is 25.1 Å². The van der Waals surface area contributed by atoms with Crippen molar-refractivity contribution < 1.29 is 4.39 Å². The van der Waals surface area contributed by atoms with Gasteiger partial charge in [0.05, 0.1) is 6.20 Å². The van der Waals surface area contributed by atoms with Crippen LogP contribution in [-0.2, 0) is 0 Å². The van der Waals surface area contributed by atoms with Crippen LogP contribution >= 0.6 is 0 Å². The summed E-state index contributed by atoms with van der Waals surface area (Å²) in [7, 11) is 0. The Labute approximate surface area is 116 Å². The minimum absolute atomic E-state index is 0.402. The number of rotatable bonds is 1. The van der Waals surface area contributed by atoms with Gasteiger partial charge in [-0.15, -0.1) is 6.42 Å². The largest absolute Gasteiger partial charge is 0.261 e. The van der Waals surface area contributed by atoms with E-state index in [9.17, 15) is 4.39 Å². The molecule has 0 bridgehead atoms. The van der Waals surface area contributed by atoms with E-state index in [1.54, 1.807) is 6.20 Å². The number of nitrogens with zero attached hydrogens (tertiary/aromatic N) is 2. The molecule has 0 radical (unpaired) electrons. The van der Waals surface area contributed by atoms with E-state index >= 15 is 0 Å². The molecule has 0 amide bonds. The third-order valence-electron chi connectivity index (χ3n) is 3.16. The number of halogens is 1. The highest BCUT2D eigenvalue weighted by Crippen LogP contribution is 2.26. The van der Waals surface area contributed by atoms with Crippen molar-refractivity contribution in [2.75, 3.05) is 0 Å². The monoisotopic (exact) mass is 262 g/mol. The van der Waals surface area contributed by atoms with E-state index in [1.807, 2.05) is 31.2 Å². The van der Waals surface area contributed by atoms with Crippen molar-refractivity contribution in [3.8, 4) is 23.5 Å². The molecule has 0 N–H and O–H groups in total. The van der Waals surface area contributed by atoms with Gasteiger partial charge in [-0.3, -0.25) is 4.98 Å². The Kier molecular flexibility index (Phi) is 2.92. The van der Waals surface area contributed by atoms with Gasteiger partial charge in [-0.05, 0) is 42.0 Å². The molecule has 0 saturated heterocycles. The molecule has 0 saturated carbocycles. The first kappa shape index (κ1) is 12.3. The van der Waals surface area contributed by atoms with Crippen molar-refractivity contribution in [2.45, 2.75) is 6.92 Å². The van der Waals surface area contributed by atoms with Crippen LogP contribution in [0.15, 0.2) is 42.7 Å². The zero-order valence-electron chi connectivity index (χ0n) is 10.9. The molecule has 2 aromatic heterocycles. The Balaban J connectivity index is 2.23. The summed E-state index contributed by atoms with van der Waals surface area (Å²) in [5.74, 6) is 2.08. The first-order valence-electron chi connectivity index (χ1n) is 6.16. The lowest BCUT2D eigenvalue weighted by Gasteiger charge is -2.06. The third kappa shape index (κ3) is 2.12. The average molecular weight is 262 g/mol. The van der Waals surface area contributed by atoms with Crippen LogP contribution in [0.4, 0.5) is 4.39 Å². The third-order valence-corrected chi connectivity index (χ3v) is 3.16. The summed E-state index contributed by atoms with van der Waals surface area (Å²) in [6.07, 6.45) is 8.35. The molecule has 1 aromatic carbocycles. The van der Waals surface area contributed by atoms with Crippen molar-refractivity contribution in [2.24, 2.45) is 0 Å². The van der Waals surface area contributed by atoms with Gasteiger partial charge in [-0.25, -0.2) is 9.37 Å². The van der Waals surface area contributed by atoms with E-state index < -0.39 is 5.82 Å². The van der Waals surface area contributed by atoms with Gasteiger partial charge < -0.3 is 0 Å². The van der Waals surface area contributed by atoms with Crippen molar-refractivity contribution in [3.05, 3.63) is 59.9 Å². The van der Waals surface area contributed by atoms with Crippen LogP contribution in [-0.4, -0.2) is 9.97 Å². The van der Waals surface area contributed by atoms with E-state index in [-0.39, 0.29) is 0 Å². The Hall–Kier alpha value is -2.73. The van der Waals surface area contributed by atoms with Gasteiger partial charge in [0, 0.05) is 22.8 Å². The van der Waals surface area contributed by atoms with Crippen molar-refractivity contribution in [1.29, 1.82) is 0 Å². The fourth-order valence-corrected chi connectivity index (χ4v) is 2.19. The van der Waals surface area contributed by atoms with Crippen LogP contribution in [0.2, 0.25) is 0 Å². The van der Waals surface area contributed by atoms with Gasteiger partial charge in [0.15, 0.2) is 0 Å². The topological polar surface area (TPSA) is 25.8 Å². The SMILES string of the molecule is C#Cc1ncc(F)cc1-c1ccc2cc(C)ncc2c1. The lowest BCUT2D eigenvalue weighted by Crippen LogP contribution is -1.91. The summed E-state index contributed by atoms with van der Waals surface area (Å²) < 4.78 is 13.4. The summed E-state index contributed by atoms with van der Waals surface area (Å²) in [5, 5.41) is 2.08. The molecule has 3 aromatic rings. The summed E-state index contributed by atoms with van der Waals surface area (Å²) in [6.45, 7) is 1.94. The average Bonchev–Trinajstić information content (AvgIpc) is 2.46. The molecule has 3 rings (SSSR count). The second-order valence-electron chi connectivity index (χ2n) is 4.58. The summed E-state index contributed by atoms with van der Waals surface area (Å²) >= 11 is 0. The molecule has 3 heteroatoms. The highest BCUT2D eigenvalue weighted by atomic mass is 19.1. The normalized spacial score (nSPS) is 10.4. The molecule has 0 unspecified atom stereocenters. The molecule has 0 aliphatic rings. The minimum atomic E-state index is -0.402. The molecular formula is C17H11FN2. The molecule has 0 fully saturated rings. The Morgan fingerprint density at radius 1 is 1.05 bits per heavy atom. The zero-order chi connectivity index (χ0) is 14.1. The first-order chi connectivity index (χ1) is 9.67. The van der Waals surface area contributed by atoms with Gasteiger partial charge in [0.25, 0.3) is 0 Å². The van der Waals surface area contributed by atoms with Gasteiger partial charge in [0.2, 0.25) is 0 Å². The van der Waals surface area contributed by atoms with Crippen LogP contribution in [0.3, 0.4) is 0 Å². The Morgan fingerprint density at radius 2 is 1.90 bits per heavy atom. The highest BCUT2D eigenvalue weighted by molar-refractivity contribution is 5.87. The molecule has 0 aliphatic heterocycles.